The highest BCUT2D eigenvalue weighted by Gasteiger charge is 2.09. The van der Waals surface area contributed by atoms with Gasteiger partial charge in [0, 0.05) is 0 Å². The van der Waals surface area contributed by atoms with E-state index in [0.29, 0.717) is 0 Å². The van der Waals surface area contributed by atoms with E-state index in [-0.39, 0.29) is 6.61 Å². The molecule has 2 aromatic carbocycles. The van der Waals surface area contributed by atoms with Crippen LogP contribution in [-0.4, -0.2) is 12.2 Å². The maximum absolute atomic E-state index is 10.6. The Kier molecular flexibility index (Phi) is 5.44. The van der Waals surface area contributed by atoms with Crippen LogP contribution in [0.4, 0.5) is 4.79 Å². The molecule has 4 heteroatoms. The van der Waals surface area contributed by atoms with Gasteiger partial charge in [-0.3, -0.25) is 0 Å². The van der Waals surface area contributed by atoms with Crippen molar-refractivity contribution in [2.24, 2.45) is 4.99 Å². The second-order valence-electron chi connectivity index (χ2n) is 4.51. The molecule has 0 N–H and O–H groups in total. The van der Waals surface area contributed by atoms with Gasteiger partial charge in [-0.05, 0) is 29.5 Å². The highest BCUT2D eigenvalue weighted by atomic mass is 16.5. The van der Waals surface area contributed by atoms with E-state index in [1.165, 1.54) is 12.8 Å². The van der Waals surface area contributed by atoms with E-state index in [1.807, 2.05) is 18.2 Å². The van der Waals surface area contributed by atoms with Crippen molar-refractivity contribution in [3.05, 3.63) is 71.3 Å². The topological polar surface area (TPSA) is 55.7 Å². The number of fused-ring (bicyclic) bond motifs is 1. The van der Waals surface area contributed by atoms with Crippen LogP contribution in [0, 0.1) is 0 Å². The summed E-state index contributed by atoms with van der Waals surface area (Å²) in [7, 11) is 0. The van der Waals surface area contributed by atoms with Crippen molar-refractivity contribution in [2.45, 2.75) is 19.4 Å². The zero-order valence-electron chi connectivity index (χ0n) is 11.5. The number of aryl methyl sites for hydroxylation is 2. The third kappa shape index (κ3) is 4.71. The number of hydrogen-bond donors (Lipinski definition) is 0. The molecule has 0 heterocycles. The van der Waals surface area contributed by atoms with Crippen LogP contribution in [0.1, 0.15) is 16.7 Å². The van der Waals surface area contributed by atoms with E-state index in [1.54, 1.807) is 23.3 Å². The number of hydrogen-bond acceptors (Lipinski definition) is 3. The van der Waals surface area contributed by atoms with Crippen molar-refractivity contribution >= 4 is 12.2 Å². The molecular formula is C17H15NO3. The molecule has 3 rings (SSSR count). The lowest BCUT2D eigenvalue weighted by Gasteiger charge is -2.16. The van der Waals surface area contributed by atoms with Crippen LogP contribution >= 0.6 is 0 Å². The summed E-state index contributed by atoms with van der Waals surface area (Å²) in [5.74, 6) is 0. The number of nitrogens with zero attached hydrogens (tertiary/aromatic N) is 1. The van der Waals surface area contributed by atoms with E-state index in [9.17, 15) is 9.59 Å². The van der Waals surface area contributed by atoms with Gasteiger partial charge in [-0.1, -0.05) is 59.6 Å². The predicted molar refractivity (Wildman–Crippen MR) is 78.6 cm³/mol. The fourth-order valence-corrected chi connectivity index (χ4v) is 1.93. The van der Waals surface area contributed by atoms with E-state index in [2.05, 4.69) is 34.0 Å². The maximum Gasteiger partial charge on any atom is 0.444 e. The quantitative estimate of drug-likeness (QED) is 0.626. The summed E-state index contributed by atoms with van der Waals surface area (Å²) in [4.78, 5) is 23.0. The number of isocyanates is 1. The molecule has 0 atom stereocenters. The fraction of sp³-hybridized carbons (Fsp3) is 0.176. The van der Waals surface area contributed by atoms with Crippen LogP contribution in [-0.2, 0) is 29.0 Å². The number of carbonyl (C=O) groups excluding carboxylic acids is 2. The summed E-state index contributed by atoms with van der Waals surface area (Å²) in [5, 5.41) is 0. The van der Waals surface area contributed by atoms with Gasteiger partial charge in [-0.15, -0.1) is 0 Å². The highest BCUT2D eigenvalue weighted by Crippen LogP contribution is 2.20. The van der Waals surface area contributed by atoms with Crippen molar-refractivity contribution < 1.29 is 14.3 Å². The molecule has 0 spiro atoms. The molecule has 0 saturated heterocycles. The van der Waals surface area contributed by atoms with Gasteiger partial charge in [0.05, 0.1) is 0 Å². The SMILES string of the molecule is O=C=NC(=O)OCc1ccccc1.c1ccc2c(c1)CC2. The standard InChI is InChI=1S/C9H7NO3.C8H8/c11-7-10-9(12)13-6-8-4-2-1-3-5-8;1-2-4-8-6-5-7(8)3-1/h1-5H,6H2;1-4H,5-6H2. The average molecular weight is 281 g/mol. The number of carbonyl (C=O) groups is 1. The Morgan fingerprint density at radius 1 is 1.00 bits per heavy atom. The van der Waals surface area contributed by atoms with Crippen LogP contribution in [0.2, 0.25) is 0 Å². The molecule has 2 aromatic rings. The summed E-state index contributed by atoms with van der Waals surface area (Å²) in [6, 6.07) is 17.7. The molecule has 0 aromatic heterocycles. The van der Waals surface area contributed by atoms with Crippen LogP contribution in [0.15, 0.2) is 59.6 Å². The number of aliphatic imine (C=N–C) groups is 1. The lowest BCUT2D eigenvalue weighted by molar-refractivity contribution is 0.151. The highest BCUT2D eigenvalue weighted by molar-refractivity contribution is 5.74. The molecule has 1 aliphatic rings. The first-order valence-electron chi connectivity index (χ1n) is 6.65. The molecule has 1 amide bonds. The molecule has 0 fully saturated rings. The molecule has 1 aliphatic carbocycles. The minimum atomic E-state index is -0.918. The van der Waals surface area contributed by atoms with Crippen LogP contribution in [0.25, 0.3) is 0 Å². The molecule has 4 nitrogen and oxygen atoms in total. The summed E-state index contributed by atoms with van der Waals surface area (Å²) in [6.07, 6.45) is 2.79. The molecular weight excluding hydrogens is 266 g/mol. The molecule has 21 heavy (non-hydrogen) atoms. The van der Waals surface area contributed by atoms with Crippen molar-refractivity contribution in [1.29, 1.82) is 0 Å². The maximum atomic E-state index is 10.6. The van der Waals surface area contributed by atoms with E-state index >= 15 is 0 Å². The second-order valence-corrected chi connectivity index (χ2v) is 4.51. The Morgan fingerprint density at radius 2 is 1.57 bits per heavy atom. The Labute approximate surface area is 123 Å². The summed E-state index contributed by atoms with van der Waals surface area (Å²) < 4.78 is 4.60. The first kappa shape index (κ1) is 14.7. The van der Waals surface area contributed by atoms with Crippen molar-refractivity contribution in [3.63, 3.8) is 0 Å². The van der Waals surface area contributed by atoms with Gasteiger partial charge in [0.25, 0.3) is 0 Å². The molecule has 106 valence electrons. The molecule has 0 saturated carbocycles. The largest absolute Gasteiger partial charge is 0.444 e. The minimum Gasteiger partial charge on any atom is -0.443 e. The summed E-state index contributed by atoms with van der Waals surface area (Å²) in [6.45, 7) is 0.116. The third-order valence-electron chi connectivity index (χ3n) is 3.12. The van der Waals surface area contributed by atoms with E-state index in [0.717, 1.165) is 11.6 Å². The van der Waals surface area contributed by atoms with Gasteiger partial charge in [-0.2, -0.15) is 0 Å². The second kappa shape index (κ2) is 7.78. The van der Waals surface area contributed by atoms with E-state index < -0.39 is 6.09 Å². The Bertz CT molecular complexity index is 623. The number of ether oxygens (including phenoxy) is 1. The molecule has 0 bridgehead atoms. The van der Waals surface area contributed by atoms with Gasteiger partial charge < -0.3 is 4.74 Å². The summed E-state index contributed by atoms with van der Waals surface area (Å²) >= 11 is 0. The van der Waals surface area contributed by atoms with Crippen LogP contribution < -0.4 is 0 Å². The normalized spacial score (nSPS) is 10.9. The van der Waals surface area contributed by atoms with Crippen molar-refractivity contribution in [1.82, 2.24) is 0 Å². The zero-order chi connectivity index (χ0) is 14.9. The first-order chi connectivity index (χ1) is 10.3. The first-order valence-corrected chi connectivity index (χ1v) is 6.65. The van der Waals surface area contributed by atoms with Gasteiger partial charge >= 0.3 is 6.09 Å². The molecule has 0 radical (unpaired) electrons. The van der Waals surface area contributed by atoms with Crippen molar-refractivity contribution in [2.75, 3.05) is 0 Å². The smallest absolute Gasteiger partial charge is 0.443 e. The monoisotopic (exact) mass is 281 g/mol. The van der Waals surface area contributed by atoms with Crippen LogP contribution in [0.3, 0.4) is 0 Å². The minimum absolute atomic E-state index is 0.116. The van der Waals surface area contributed by atoms with Gasteiger partial charge in [0.15, 0.2) is 0 Å². The number of amides is 1. The third-order valence-corrected chi connectivity index (χ3v) is 3.12. The Morgan fingerprint density at radius 3 is 2.05 bits per heavy atom. The fourth-order valence-electron chi connectivity index (χ4n) is 1.93. The lowest BCUT2D eigenvalue weighted by Crippen LogP contribution is -2.06. The molecule has 0 aliphatic heterocycles. The average Bonchev–Trinajstić information content (AvgIpc) is 2.49. The Hall–Kier alpha value is -2.71. The van der Waals surface area contributed by atoms with Gasteiger partial charge in [0.1, 0.15) is 6.61 Å². The zero-order valence-corrected chi connectivity index (χ0v) is 11.5. The van der Waals surface area contributed by atoms with Gasteiger partial charge in [0.2, 0.25) is 6.08 Å². The number of benzene rings is 2. The summed E-state index contributed by atoms with van der Waals surface area (Å²) in [5.41, 5.74) is 3.94. The van der Waals surface area contributed by atoms with Crippen LogP contribution in [0.5, 0.6) is 0 Å². The number of rotatable bonds is 2. The molecule has 0 unspecified atom stereocenters. The van der Waals surface area contributed by atoms with Crippen molar-refractivity contribution in [3.8, 4) is 0 Å². The lowest BCUT2D eigenvalue weighted by atomic mass is 9.89. The predicted octanol–water partition coefficient (Wildman–Crippen LogP) is 3.44. The Balaban J connectivity index is 0.000000170. The van der Waals surface area contributed by atoms with Gasteiger partial charge in [-0.25, -0.2) is 9.59 Å². The van der Waals surface area contributed by atoms with E-state index in [4.69, 9.17) is 0 Å².